The molecule has 1 N–H and O–H groups in total. The second-order valence-corrected chi connectivity index (χ2v) is 12.1. The third-order valence-corrected chi connectivity index (χ3v) is 7.62. The Balaban J connectivity index is 2.14. The normalized spacial score (nSPS) is 13.8. The summed E-state index contributed by atoms with van der Waals surface area (Å²) >= 11 is 0. The Kier molecular flexibility index (Phi) is 7.48. The Morgan fingerprint density at radius 3 is 2.03 bits per heavy atom. The molecule has 0 spiro atoms. The minimum Gasteiger partial charge on any atom is -0.493 e. The molecule has 29 heavy (non-hydrogen) atoms. The van der Waals surface area contributed by atoms with Crippen molar-refractivity contribution >= 4 is 19.9 Å². The average molecular weight is 440 g/mol. The first-order chi connectivity index (χ1) is 13.4. The van der Waals surface area contributed by atoms with Crippen LogP contribution in [0.15, 0.2) is 59.5 Å². The van der Waals surface area contributed by atoms with Crippen molar-refractivity contribution in [2.75, 3.05) is 18.1 Å². The van der Waals surface area contributed by atoms with Gasteiger partial charge in [0, 0.05) is 5.75 Å². The van der Waals surface area contributed by atoms with Crippen molar-refractivity contribution in [3.63, 3.8) is 0 Å². The highest BCUT2D eigenvalue weighted by molar-refractivity contribution is 7.91. The zero-order valence-corrected chi connectivity index (χ0v) is 18.9. The van der Waals surface area contributed by atoms with Crippen LogP contribution in [0.2, 0.25) is 0 Å². The monoisotopic (exact) mass is 439 g/mol. The van der Waals surface area contributed by atoms with Crippen LogP contribution in [-0.2, 0) is 19.9 Å². The zero-order valence-electron chi connectivity index (χ0n) is 17.3. The van der Waals surface area contributed by atoms with Gasteiger partial charge in [-0.3, -0.25) is 0 Å². The van der Waals surface area contributed by atoms with Crippen molar-refractivity contribution < 1.29 is 21.6 Å². The molecular weight excluding hydrogens is 410 g/mol. The van der Waals surface area contributed by atoms with Crippen molar-refractivity contribution in [2.24, 2.45) is 5.41 Å². The van der Waals surface area contributed by atoms with Gasteiger partial charge < -0.3 is 4.74 Å². The summed E-state index contributed by atoms with van der Waals surface area (Å²) in [6.07, 6.45) is 0. The van der Waals surface area contributed by atoms with E-state index < -0.39 is 25.9 Å². The van der Waals surface area contributed by atoms with E-state index in [0.29, 0.717) is 5.75 Å². The van der Waals surface area contributed by atoms with Crippen LogP contribution in [0.1, 0.15) is 39.3 Å². The third kappa shape index (κ3) is 6.83. The number of sulfonamides is 1. The minimum absolute atomic E-state index is 0.0284. The van der Waals surface area contributed by atoms with E-state index in [1.54, 1.807) is 6.92 Å². The number of nitrogens with one attached hydrogen (secondary N) is 1. The maximum Gasteiger partial charge on any atom is 0.241 e. The van der Waals surface area contributed by atoms with Gasteiger partial charge in [0.25, 0.3) is 0 Å². The fraction of sp³-hybridized carbons (Fsp3) is 0.429. The first kappa shape index (κ1) is 23.4. The molecule has 6 nitrogen and oxygen atoms in total. The second kappa shape index (κ2) is 9.28. The number of benzene rings is 2. The van der Waals surface area contributed by atoms with E-state index in [4.69, 9.17) is 4.74 Å². The van der Waals surface area contributed by atoms with Crippen LogP contribution in [0, 0.1) is 5.41 Å². The fourth-order valence-electron chi connectivity index (χ4n) is 2.76. The summed E-state index contributed by atoms with van der Waals surface area (Å²) in [5.41, 5.74) is 0.558. The predicted octanol–water partition coefficient (Wildman–Crippen LogP) is 3.57. The lowest BCUT2D eigenvalue weighted by Gasteiger charge is -2.31. The van der Waals surface area contributed by atoms with E-state index in [2.05, 4.69) is 4.72 Å². The smallest absolute Gasteiger partial charge is 0.241 e. The molecule has 8 heteroatoms. The van der Waals surface area contributed by atoms with E-state index in [9.17, 15) is 16.8 Å². The predicted molar refractivity (Wildman–Crippen MR) is 115 cm³/mol. The zero-order chi connectivity index (χ0) is 21.7. The van der Waals surface area contributed by atoms with Gasteiger partial charge in [0.1, 0.15) is 12.4 Å². The summed E-state index contributed by atoms with van der Waals surface area (Å²) in [5, 5.41) is 0. The lowest BCUT2D eigenvalue weighted by molar-refractivity contribution is 0.304. The molecule has 0 aliphatic rings. The molecule has 0 amide bonds. The molecule has 1 atom stereocenters. The topological polar surface area (TPSA) is 89.5 Å². The molecule has 0 radical (unpaired) electrons. The number of hydrogen-bond donors (Lipinski definition) is 1. The third-order valence-electron chi connectivity index (χ3n) is 4.51. The number of hydrogen-bond acceptors (Lipinski definition) is 5. The summed E-state index contributed by atoms with van der Waals surface area (Å²) in [5.74, 6) is 0.413. The van der Waals surface area contributed by atoms with Gasteiger partial charge in [0.2, 0.25) is 10.0 Å². The van der Waals surface area contributed by atoms with Gasteiger partial charge >= 0.3 is 0 Å². The molecule has 2 aromatic carbocycles. The van der Waals surface area contributed by atoms with E-state index in [-0.39, 0.29) is 28.4 Å². The summed E-state index contributed by atoms with van der Waals surface area (Å²) in [7, 11) is -6.86. The van der Waals surface area contributed by atoms with Gasteiger partial charge in [-0.15, -0.1) is 0 Å². The Labute approximate surface area is 174 Å². The van der Waals surface area contributed by atoms with Crippen LogP contribution in [0.25, 0.3) is 0 Å². The summed E-state index contributed by atoms with van der Waals surface area (Å²) in [6.45, 7) is 7.56. The van der Waals surface area contributed by atoms with E-state index in [0.717, 1.165) is 5.56 Å². The standard InChI is InChI=1S/C21H29NO5S2/c1-5-28(23,24)16-15-27-18-11-13-19(14-12-18)29(25,26)22-20(21(2,3)4)17-9-7-6-8-10-17/h6-14,20,22H,5,15-16H2,1-4H3. The van der Waals surface area contributed by atoms with Gasteiger partial charge in [-0.2, -0.15) is 0 Å². The number of ether oxygens (including phenoxy) is 1. The highest BCUT2D eigenvalue weighted by atomic mass is 32.2. The molecule has 2 aromatic rings. The van der Waals surface area contributed by atoms with Crippen molar-refractivity contribution in [2.45, 2.75) is 38.6 Å². The fourth-order valence-corrected chi connectivity index (χ4v) is 4.82. The number of sulfone groups is 1. The molecular formula is C21H29NO5S2. The molecule has 1 unspecified atom stereocenters. The number of rotatable bonds is 9. The minimum atomic E-state index is -3.76. The molecule has 160 valence electrons. The van der Waals surface area contributed by atoms with Crippen LogP contribution in [0.5, 0.6) is 5.75 Å². The maximum absolute atomic E-state index is 12.9. The van der Waals surface area contributed by atoms with Crippen LogP contribution in [0.3, 0.4) is 0 Å². The summed E-state index contributed by atoms with van der Waals surface area (Å²) in [6, 6.07) is 15.0. The molecule has 0 aliphatic heterocycles. The summed E-state index contributed by atoms with van der Waals surface area (Å²) < 4.78 is 57.1. The van der Waals surface area contributed by atoms with Crippen molar-refractivity contribution in [3.05, 3.63) is 60.2 Å². The first-order valence-corrected chi connectivity index (χ1v) is 12.8. The molecule has 2 rings (SSSR count). The van der Waals surface area contributed by atoms with E-state index >= 15 is 0 Å². The summed E-state index contributed by atoms with van der Waals surface area (Å²) in [4.78, 5) is 0.121. The van der Waals surface area contributed by atoms with Gasteiger partial charge in [-0.05, 0) is 35.2 Å². The Bertz CT molecular complexity index is 993. The maximum atomic E-state index is 12.9. The second-order valence-electron chi connectivity index (χ2n) is 7.89. The van der Waals surface area contributed by atoms with Gasteiger partial charge in [0.15, 0.2) is 9.84 Å². The molecule has 0 aliphatic carbocycles. The van der Waals surface area contributed by atoms with Crippen molar-refractivity contribution in [1.82, 2.24) is 4.72 Å². The molecule has 0 heterocycles. The van der Waals surface area contributed by atoms with E-state index in [1.807, 2.05) is 51.1 Å². The molecule has 0 saturated heterocycles. The van der Waals surface area contributed by atoms with Gasteiger partial charge in [-0.25, -0.2) is 21.6 Å². The quantitative estimate of drug-likeness (QED) is 0.645. The van der Waals surface area contributed by atoms with Gasteiger partial charge in [-0.1, -0.05) is 58.0 Å². The Morgan fingerprint density at radius 1 is 0.931 bits per heavy atom. The van der Waals surface area contributed by atoms with Crippen LogP contribution in [-0.4, -0.2) is 34.9 Å². The van der Waals surface area contributed by atoms with Crippen molar-refractivity contribution in [3.8, 4) is 5.75 Å². The Hall–Kier alpha value is -1.90. The lowest BCUT2D eigenvalue weighted by Crippen LogP contribution is -2.36. The molecule has 0 aromatic heterocycles. The van der Waals surface area contributed by atoms with Crippen LogP contribution in [0.4, 0.5) is 0 Å². The van der Waals surface area contributed by atoms with Gasteiger partial charge in [0.05, 0.1) is 16.7 Å². The molecule has 0 bridgehead atoms. The van der Waals surface area contributed by atoms with Crippen molar-refractivity contribution in [1.29, 1.82) is 0 Å². The Morgan fingerprint density at radius 2 is 1.52 bits per heavy atom. The van der Waals surface area contributed by atoms with E-state index in [1.165, 1.54) is 24.3 Å². The van der Waals surface area contributed by atoms with Crippen LogP contribution >= 0.6 is 0 Å². The van der Waals surface area contributed by atoms with Crippen LogP contribution < -0.4 is 9.46 Å². The molecule has 0 fully saturated rings. The lowest BCUT2D eigenvalue weighted by atomic mass is 9.83. The largest absolute Gasteiger partial charge is 0.493 e. The SMILES string of the molecule is CCS(=O)(=O)CCOc1ccc(S(=O)(=O)NC(c2ccccc2)C(C)(C)C)cc1. The average Bonchev–Trinajstić information content (AvgIpc) is 2.66. The first-order valence-electron chi connectivity index (χ1n) is 9.45. The highest BCUT2D eigenvalue weighted by Gasteiger charge is 2.31. The molecule has 0 saturated carbocycles. The highest BCUT2D eigenvalue weighted by Crippen LogP contribution is 2.34.